The number of ketones is 1. The molecule has 6 rings (SSSR count). The van der Waals surface area contributed by atoms with E-state index in [9.17, 15) is 110 Å². The molecule has 6 aromatic carbocycles. The topological polar surface area (TPSA) is 17.1 Å². The molecule has 0 aliphatic rings. The molecule has 500 valence electrons. The fourth-order valence-electron chi connectivity index (χ4n) is 10.6. The van der Waals surface area contributed by atoms with E-state index in [0.717, 1.165) is 11.3 Å². The van der Waals surface area contributed by atoms with Gasteiger partial charge in [0.05, 0.1) is 44.5 Å². The molecule has 1 nitrogen and oxygen atoms in total. The number of benzene rings is 6. The Morgan fingerprint density at radius 1 is 0.330 bits per heavy atom. The molecule has 6 aromatic rings. The maximum Gasteiger partial charge on any atom is 0.416 e. The predicted molar refractivity (Wildman–Crippen MR) is 302 cm³/mol. The maximum absolute atomic E-state index is 14.2. The van der Waals surface area contributed by atoms with Gasteiger partial charge in [-0.1, -0.05) is 175 Å². The molecule has 0 spiro atoms. The maximum atomic E-state index is 14.2. The minimum Gasteiger partial charge on any atom is -0.289 e. The Balaban J connectivity index is 0.000000377. The lowest BCUT2D eigenvalue weighted by Gasteiger charge is -2.46. The quantitative estimate of drug-likeness (QED) is 0.0194. The van der Waals surface area contributed by atoms with E-state index in [1.807, 2.05) is 30.3 Å². The number of Topliss-reactive ketones (excluding diaryl/α,β-unsaturated/α-hetero) is 1. The van der Waals surface area contributed by atoms with Gasteiger partial charge in [-0.05, 0) is 67.6 Å². The molecule has 0 radical (unpaired) electrons. The molecule has 0 heterocycles. The van der Waals surface area contributed by atoms with Crippen molar-refractivity contribution >= 4 is 44.7 Å². The van der Waals surface area contributed by atoms with Gasteiger partial charge in [-0.3, -0.25) is 4.79 Å². The summed E-state index contributed by atoms with van der Waals surface area (Å²) in [6.45, 7) is 4.54. The molecule has 0 N–H and O–H groups in total. The van der Waals surface area contributed by atoms with Crippen molar-refractivity contribution in [1.82, 2.24) is 0 Å². The van der Waals surface area contributed by atoms with E-state index in [4.69, 9.17) is 0 Å². The van der Waals surface area contributed by atoms with Gasteiger partial charge in [0, 0.05) is 16.5 Å². The monoisotopic (exact) mass is 1340 g/mol. The van der Waals surface area contributed by atoms with Gasteiger partial charge in [0.1, 0.15) is 11.9 Å². The van der Waals surface area contributed by atoms with E-state index >= 15 is 0 Å². The standard InChI is InChI=1S/C32H12BF24.C32H49OS/c34-25(35,36)13-1-14(26(37,38)39)6-21(5-13)33(22-7-15(27(40,41)42)2-16(8-22)28(43,44)45,23-9-17(29(46,47)48)3-18(10-23)30(49,50)51)24-11-19(31(52,53)54)4-20(12-24)32(55,56)57;1-3-5-7-9-10-11-12-13-14-16-20-29-23-25-31(26-24-29)34(27-19-8-6-4-2)28-32(33)30-21-17-15-18-22-30/h1-12H;15,17-18,21-26H,3-14,16,19-20,27-28H2,1-2H3/q-1;+1. The van der Waals surface area contributed by atoms with Crippen LogP contribution in [-0.4, -0.2) is 23.4 Å². The minimum atomic E-state index is -6.13. The van der Waals surface area contributed by atoms with Crippen molar-refractivity contribution in [3.8, 4) is 0 Å². The number of aryl methyl sites for hydroxylation is 1. The Bertz CT molecular complexity index is 2860. The number of carbonyl (C=O) groups is 1. The summed E-state index contributed by atoms with van der Waals surface area (Å²) in [5.74, 6) is 2.07. The molecule has 0 amide bonds. The number of alkyl halides is 24. The highest BCUT2D eigenvalue weighted by molar-refractivity contribution is 7.97. The zero-order valence-electron chi connectivity index (χ0n) is 48.6. The zero-order valence-corrected chi connectivity index (χ0v) is 49.4. The van der Waals surface area contributed by atoms with Crippen LogP contribution in [0.5, 0.6) is 0 Å². The highest BCUT2D eigenvalue weighted by Gasteiger charge is 2.47. The van der Waals surface area contributed by atoms with Crippen LogP contribution in [0.15, 0.2) is 132 Å². The summed E-state index contributed by atoms with van der Waals surface area (Å²) >= 11 is 0. The van der Waals surface area contributed by atoms with Crippen LogP contribution in [-0.2, 0) is 66.7 Å². The molecule has 27 heteroatoms. The smallest absolute Gasteiger partial charge is 0.289 e. The first-order chi connectivity index (χ1) is 42.0. The van der Waals surface area contributed by atoms with E-state index in [0.29, 0.717) is 5.75 Å². The lowest BCUT2D eigenvalue weighted by Crippen LogP contribution is -2.75. The normalized spacial score (nSPS) is 13.5. The first-order valence-electron chi connectivity index (χ1n) is 28.7. The van der Waals surface area contributed by atoms with Crippen molar-refractivity contribution < 1.29 is 110 Å². The van der Waals surface area contributed by atoms with Crippen molar-refractivity contribution in [2.75, 3.05) is 11.5 Å². The molecule has 0 aliphatic heterocycles. The van der Waals surface area contributed by atoms with Crippen LogP contribution < -0.4 is 21.9 Å². The van der Waals surface area contributed by atoms with E-state index in [1.54, 1.807) is 0 Å². The minimum absolute atomic E-state index is 0.00565. The zero-order chi connectivity index (χ0) is 68.2. The molecular formula is C64H61BF24OS. The highest BCUT2D eigenvalue weighted by Crippen LogP contribution is 2.42. The van der Waals surface area contributed by atoms with Gasteiger partial charge in [0.15, 0.2) is 10.6 Å². The van der Waals surface area contributed by atoms with Crippen LogP contribution in [0.4, 0.5) is 105 Å². The van der Waals surface area contributed by atoms with Gasteiger partial charge in [-0.15, -0.1) is 0 Å². The van der Waals surface area contributed by atoms with Crippen LogP contribution in [0, 0.1) is 0 Å². The Hall–Kier alpha value is -6.28. The van der Waals surface area contributed by atoms with E-state index in [-0.39, 0.29) is 16.7 Å². The van der Waals surface area contributed by atoms with Gasteiger partial charge in [-0.25, -0.2) is 0 Å². The van der Waals surface area contributed by atoms with Crippen LogP contribution in [0.1, 0.15) is 164 Å². The Labute approximate surface area is 512 Å². The molecule has 1 atom stereocenters. The summed E-state index contributed by atoms with van der Waals surface area (Å²) in [6, 6.07) is 10.3. The summed E-state index contributed by atoms with van der Waals surface area (Å²) in [7, 11) is 0.00565. The summed E-state index contributed by atoms with van der Waals surface area (Å²) in [6.07, 6.45) is -34.7. The fourth-order valence-corrected chi connectivity index (χ4v) is 12.7. The van der Waals surface area contributed by atoms with Gasteiger partial charge in [0.25, 0.3) is 0 Å². The summed E-state index contributed by atoms with van der Waals surface area (Å²) in [5, 5.41) is 0. The van der Waals surface area contributed by atoms with Crippen LogP contribution in [0.2, 0.25) is 0 Å². The van der Waals surface area contributed by atoms with Gasteiger partial charge < -0.3 is 0 Å². The molecule has 0 fully saturated rings. The number of carbonyl (C=O) groups excluding carboxylic acids is 1. The summed E-state index contributed by atoms with van der Waals surface area (Å²) in [4.78, 5) is 14.3. The van der Waals surface area contributed by atoms with Gasteiger partial charge in [0.2, 0.25) is 5.78 Å². The second-order valence-corrected chi connectivity index (χ2v) is 24.1. The lowest BCUT2D eigenvalue weighted by molar-refractivity contribution is -0.144. The number of unbranched alkanes of at least 4 members (excludes halogenated alkanes) is 12. The number of rotatable bonds is 24. The molecule has 91 heavy (non-hydrogen) atoms. The fraction of sp³-hybridized carbons (Fsp3) is 0.422. The van der Waals surface area contributed by atoms with Crippen molar-refractivity contribution in [3.63, 3.8) is 0 Å². The predicted octanol–water partition coefficient (Wildman–Crippen LogP) is 20.8. The van der Waals surface area contributed by atoms with Gasteiger partial charge in [-0.2, -0.15) is 127 Å². The van der Waals surface area contributed by atoms with E-state index in [2.05, 4.69) is 38.1 Å². The summed E-state index contributed by atoms with van der Waals surface area (Å²) < 4.78 is 341. The highest BCUT2D eigenvalue weighted by atomic mass is 32.2. The van der Waals surface area contributed by atoms with Gasteiger partial charge >= 0.3 is 49.4 Å². The third-order valence-corrected chi connectivity index (χ3v) is 17.5. The molecular weight excluding hydrogens is 1280 g/mol. The largest absolute Gasteiger partial charge is 0.416 e. The van der Waals surface area contributed by atoms with E-state index < -0.39 is 195 Å². The SMILES string of the molecule is CCCCCCCCCCCCc1ccc([S+](CCCCCC)CC(=O)c2ccccc2)cc1.FC(F)(F)c1cc([B-](c2cc(C(F)(F)F)cc(C(F)(F)F)c2)(c2cc(C(F)(F)F)cc(C(F)(F)F)c2)c2cc(C(F)(F)F)cc(C(F)(F)F)c2)cc(C(F)(F)F)c1. The van der Waals surface area contributed by atoms with Crippen molar-refractivity contribution in [1.29, 1.82) is 0 Å². The Morgan fingerprint density at radius 3 is 0.868 bits per heavy atom. The number of hydrogen-bond acceptors (Lipinski definition) is 1. The van der Waals surface area contributed by atoms with Crippen molar-refractivity contribution in [3.05, 3.63) is 183 Å². The average molecular weight is 1350 g/mol. The van der Waals surface area contributed by atoms with Crippen LogP contribution >= 0.6 is 0 Å². The first kappa shape index (κ1) is 75.4. The third kappa shape index (κ3) is 21.4. The Morgan fingerprint density at radius 2 is 0.593 bits per heavy atom. The van der Waals surface area contributed by atoms with Crippen molar-refractivity contribution in [2.45, 2.75) is 164 Å². The Kier molecular flexibility index (Phi) is 25.4. The third-order valence-electron chi connectivity index (χ3n) is 15.2. The molecule has 0 saturated heterocycles. The van der Waals surface area contributed by atoms with E-state index in [1.165, 1.54) is 107 Å². The first-order valence-corrected chi connectivity index (χ1v) is 30.3. The number of hydrogen-bond donors (Lipinski definition) is 0. The van der Waals surface area contributed by atoms with Crippen LogP contribution in [0.3, 0.4) is 0 Å². The molecule has 0 aliphatic carbocycles. The number of halogens is 24. The van der Waals surface area contributed by atoms with Crippen molar-refractivity contribution in [2.24, 2.45) is 0 Å². The molecule has 0 saturated carbocycles. The molecule has 1 unspecified atom stereocenters. The van der Waals surface area contributed by atoms with Crippen LogP contribution in [0.25, 0.3) is 0 Å². The second kappa shape index (κ2) is 30.7. The molecule has 0 aromatic heterocycles. The summed E-state index contributed by atoms with van der Waals surface area (Å²) in [5.41, 5.74) is -27.9. The average Bonchev–Trinajstić information content (AvgIpc) is 0.710. The second-order valence-electron chi connectivity index (χ2n) is 22.0. The lowest BCUT2D eigenvalue weighted by atomic mass is 9.12. The molecule has 0 bridgehead atoms.